The molecule has 0 aliphatic rings. The van der Waals surface area contributed by atoms with Crippen LogP contribution in [0.2, 0.25) is 0 Å². The summed E-state index contributed by atoms with van der Waals surface area (Å²) < 4.78 is 4.64. The fourth-order valence-electron chi connectivity index (χ4n) is 3.23. The standard InChI is InChI=1S/C20H17N3O2/c1-21-18-16(19(24)22(2)20(21)25)13-17(14-9-5-3-6-10-14)23(18)15-11-7-4-8-12-15/h3-13H,1-2H3. The first kappa shape index (κ1) is 15.2. The van der Waals surface area contributed by atoms with Crippen LogP contribution >= 0.6 is 0 Å². The van der Waals surface area contributed by atoms with Gasteiger partial charge in [0.05, 0.1) is 11.1 Å². The number of aryl methyl sites for hydroxylation is 1. The summed E-state index contributed by atoms with van der Waals surface area (Å²) in [4.78, 5) is 25.1. The van der Waals surface area contributed by atoms with Crippen molar-refractivity contribution in [2.75, 3.05) is 0 Å². The number of hydrogen-bond acceptors (Lipinski definition) is 2. The van der Waals surface area contributed by atoms with E-state index in [-0.39, 0.29) is 11.2 Å². The average Bonchev–Trinajstić information content (AvgIpc) is 3.07. The predicted molar refractivity (Wildman–Crippen MR) is 99.2 cm³/mol. The lowest BCUT2D eigenvalue weighted by Crippen LogP contribution is -2.37. The minimum absolute atomic E-state index is 0.287. The van der Waals surface area contributed by atoms with Crippen LogP contribution in [0, 0.1) is 0 Å². The van der Waals surface area contributed by atoms with E-state index in [1.807, 2.05) is 71.3 Å². The van der Waals surface area contributed by atoms with Gasteiger partial charge in [-0.3, -0.25) is 18.5 Å². The number of rotatable bonds is 2. The number of benzene rings is 2. The van der Waals surface area contributed by atoms with Gasteiger partial charge in [0.15, 0.2) is 0 Å². The van der Waals surface area contributed by atoms with Gasteiger partial charge in [-0.2, -0.15) is 0 Å². The molecule has 0 atom stereocenters. The Morgan fingerprint density at radius 3 is 2.00 bits per heavy atom. The predicted octanol–water partition coefficient (Wildman–Crippen LogP) is 2.69. The van der Waals surface area contributed by atoms with Crippen molar-refractivity contribution < 1.29 is 0 Å². The summed E-state index contributed by atoms with van der Waals surface area (Å²) in [7, 11) is 3.20. The maximum absolute atomic E-state index is 12.7. The van der Waals surface area contributed by atoms with E-state index in [4.69, 9.17) is 0 Å². The molecule has 25 heavy (non-hydrogen) atoms. The molecule has 0 amide bonds. The third kappa shape index (κ3) is 2.24. The summed E-state index contributed by atoms with van der Waals surface area (Å²) in [5.41, 5.74) is 2.73. The van der Waals surface area contributed by atoms with Crippen LogP contribution in [0.4, 0.5) is 0 Å². The quantitative estimate of drug-likeness (QED) is 0.567. The number of hydrogen-bond donors (Lipinski definition) is 0. The SMILES string of the molecule is Cn1c(=O)c2cc(-c3ccccc3)n(-c3ccccc3)c2n(C)c1=O. The summed E-state index contributed by atoms with van der Waals surface area (Å²) in [5, 5.41) is 0.521. The summed E-state index contributed by atoms with van der Waals surface area (Å²) in [6.45, 7) is 0. The third-order valence-corrected chi connectivity index (χ3v) is 4.49. The van der Waals surface area contributed by atoms with Crippen molar-refractivity contribution in [1.29, 1.82) is 0 Å². The molecule has 2 aromatic carbocycles. The zero-order valence-corrected chi connectivity index (χ0v) is 14.0. The van der Waals surface area contributed by atoms with E-state index in [2.05, 4.69) is 0 Å². The van der Waals surface area contributed by atoms with Gasteiger partial charge >= 0.3 is 5.69 Å². The van der Waals surface area contributed by atoms with E-state index in [0.29, 0.717) is 11.0 Å². The number of aromatic nitrogens is 3. The van der Waals surface area contributed by atoms with Crippen LogP contribution in [-0.4, -0.2) is 13.7 Å². The number of nitrogens with zero attached hydrogens (tertiary/aromatic N) is 3. The number of fused-ring (bicyclic) bond motifs is 1. The van der Waals surface area contributed by atoms with Crippen molar-refractivity contribution in [2.24, 2.45) is 14.1 Å². The normalized spacial score (nSPS) is 11.1. The molecule has 0 N–H and O–H groups in total. The zero-order valence-electron chi connectivity index (χ0n) is 14.0. The molecule has 2 heterocycles. The van der Waals surface area contributed by atoms with E-state index < -0.39 is 0 Å². The van der Waals surface area contributed by atoms with Crippen molar-refractivity contribution in [3.8, 4) is 16.9 Å². The van der Waals surface area contributed by atoms with E-state index in [0.717, 1.165) is 21.5 Å². The van der Waals surface area contributed by atoms with Gasteiger partial charge in [-0.1, -0.05) is 48.5 Å². The molecule has 0 aliphatic carbocycles. The molecule has 2 aromatic heterocycles. The van der Waals surface area contributed by atoms with E-state index in [1.54, 1.807) is 7.05 Å². The Morgan fingerprint density at radius 2 is 1.36 bits per heavy atom. The van der Waals surface area contributed by atoms with Gasteiger partial charge in [0, 0.05) is 19.8 Å². The second-order valence-corrected chi connectivity index (χ2v) is 6.01. The molecule has 0 spiro atoms. The zero-order chi connectivity index (χ0) is 17.6. The van der Waals surface area contributed by atoms with Crippen molar-refractivity contribution in [3.63, 3.8) is 0 Å². The highest BCUT2D eigenvalue weighted by atomic mass is 16.2. The van der Waals surface area contributed by atoms with E-state index in [1.165, 1.54) is 11.6 Å². The summed E-state index contributed by atoms with van der Waals surface area (Å²) in [6.07, 6.45) is 0. The van der Waals surface area contributed by atoms with Crippen molar-refractivity contribution >= 4 is 11.0 Å². The summed E-state index contributed by atoms with van der Waals surface area (Å²) in [5.74, 6) is 0. The minimum atomic E-state index is -0.340. The van der Waals surface area contributed by atoms with Crippen LogP contribution < -0.4 is 11.2 Å². The Bertz CT molecular complexity index is 1180. The van der Waals surface area contributed by atoms with Crippen molar-refractivity contribution in [2.45, 2.75) is 0 Å². The highest BCUT2D eigenvalue weighted by molar-refractivity contribution is 5.86. The van der Waals surface area contributed by atoms with Crippen LogP contribution in [0.5, 0.6) is 0 Å². The third-order valence-electron chi connectivity index (χ3n) is 4.49. The molecule has 4 rings (SSSR count). The highest BCUT2D eigenvalue weighted by Crippen LogP contribution is 2.29. The van der Waals surface area contributed by atoms with Crippen molar-refractivity contribution in [1.82, 2.24) is 13.7 Å². The smallest absolute Gasteiger partial charge is 0.295 e. The molecule has 0 saturated heterocycles. The fourth-order valence-corrected chi connectivity index (χ4v) is 3.23. The van der Waals surface area contributed by atoms with E-state index in [9.17, 15) is 9.59 Å². The Labute approximate surface area is 144 Å². The Morgan fingerprint density at radius 1 is 0.760 bits per heavy atom. The van der Waals surface area contributed by atoms with Crippen LogP contribution in [0.1, 0.15) is 0 Å². The van der Waals surface area contributed by atoms with Crippen LogP contribution in [0.3, 0.4) is 0 Å². The summed E-state index contributed by atoms with van der Waals surface area (Å²) >= 11 is 0. The molecule has 4 aromatic rings. The second kappa shape index (κ2) is 5.63. The van der Waals surface area contributed by atoms with Gasteiger partial charge in [-0.05, 0) is 23.8 Å². The molecule has 124 valence electrons. The molecule has 0 fully saturated rings. The Hall–Kier alpha value is -3.34. The molecule has 0 bridgehead atoms. The van der Waals surface area contributed by atoms with Gasteiger partial charge in [0.2, 0.25) is 0 Å². The second-order valence-electron chi connectivity index (χ2n) is 6.01. The van der Waals surface area contributed by atoms with Crippen LogP contribution in [0.25, 0.3) is 28.0 Å². The molecule has 0 aliphatic heterocycles. The van der Waals surface area contributed by atoms with Crippen molar-refractivity contribution in [3.05, 3.63) is 87.6 Å². The molecule has 0 saturated carbocycles. The molecule has 0 radical (unpaired) electrons. The lowest BCUT2D eigenvalue weighted by Gasteiger charge is -2.13. The average molecular weight is 331 g/mol. The van der Waals surface area contributed by atoms with E-state index >= 15 is 0 Å². The minimum Gasteiger partial charge on any atom is -0.295 e. The first-order valence-corrected chi connectivity index (χ1v) is 8.02. The maximum Gasteiger partial charge on any atom is 0.332 e. The summed E-state index contributed by atoms with van der Waals surface area (Å²) in [6, 6.07) is 21.5. The van der Waals surface area contributed by atoms with Gasteiger partial charge in [-0.15, -0.1) is 0 Å². The maximum atomic E-state index is 12.7. The first-order chi connectivity index (χ1) is 12.1. The monoisotopic (exact) mass is 331 g/mol. The Balaban J connectivity index is 2.23. The molecular weight excluding hydrogens is 314 g/mol. The lowest BCUT2D eigenvalue weighted by molar-refractivity contribution is 0.705. The molecule has 5 heteroatoms. The van der Waals surface area contributed by atoms with Crippen LogP contribution in [-0.2, 0) is 14.1 Å². The highest BCUT2D eigenvalue weighted by Gasteiger charge is 2.18. The molecular formula is C20H17N3O2. The van der Waals surface area contributed by atoms with Gasteiger partial charge in [0.25, 0.3) is 5.56 Å². The van der Waals surface area contributed by atoms with Gasteiger partial charge in [0.1, 0.15) is 5.65 Å². The lowest BCUT2D eigenvalue weighted by atomic mass is 10.1. The topological polar surface area (TPSA) is 48.9 Å². The van der Waals surface area contributed by atoms with Gasteiger partial charge < -0.3 is 0 Å². The Kier molecular flexibility index (Phi) is 3.42. The largest absolute Gasteiger partial charge is 0.332 e. The van der Waals surface area contributed by atoms with Crippen LogP contribution in [0.15, 0.2) is 76.3 Å². The number of para-hydroxylation sites is 1. The first-order valence-electron chi connectivity index (χ1n) is 8.02. The van der Waals surface area contributed by atoms with Gasteiger partial charge in [-0.25, -0.2) is 4.79 Å². The molecule has 5 nitrogen and oxygen atoms in total. The fraction of sp³-hybridized carbons (Fsp3) is 0.100. The molecule has 0 unspecified atom stereocenters.